The van der Waals surface area contributed by atoms with Crippen molar-refractivity contribution in [1.29, 1.82) is 0 Å². The van der Waals surface area contributed by atoms with E-state index in [4.69, 9.17) is 47.8 Å². The van der Waals surface area contributed by atoms with Crippen LogP contribution >= 0.6 is 22.7 Å². The molecule has 15 rings (SSSR count). The number of alkyl halides is 2. The minimum atomic E-state index is -2.78. The van der Waals surface area contributed by atoms with Gasteiger partial charge in [-0.25, -0.2) is 29.3 Å². The number of carbonyl (C=O) groups excluding carboxylic acids is 2. The highest BCUT2D eigenvalue weighted by molar-refractivity contribution is 7.22. The fraction of sp³-hybridized carbons (Fsp3) is 0.325. The van der Waals surface area contributed by atoms with Gasteiger partial charge in [-0.3, -0.25) is 9.59 Å². The first-order valence-corrected chi connectivity index (χ1v) is 36.4. The van der Waals surface area contributed by atoms with Gasteiger partial charge in [0.05, 0.1) is 95.6 Å². The number of benzene rings is 6. The van der Waals surface area contributed by atoms with Gasteiger partial charge >= 0.3 is 36.5 Å². The monoisotopic (exact) mass is 1460 g/mol. The van der Waals surface area contributed by atoms with Crippen molar-refractivity contribution in [1.82, 2.24) is 15.0 Å². The molecule has 18 nitrogen and oxygen atoms in total. The summed E-state index contributed by atoms with van der Waals surface area (Å²) >= 11 is 3.21. The third-order valence-electron chi connectivity index (χ3n) is 19.9. The van der Waals surface area contributed by atoms with Gasteiger partial charge in [-0.15, -0.1) is 22.7 Å². The zero-order valence-electron chi connectivity index (χ0n) is 60.0. The fourth-order valence-corrected chi connectivity index (χ4v) is 17.0. The Labute approximate surface area is 611 Å². The van der Waals surface area contributed by atoms with Gasteiger partial charge < -0.3 is 48.2 Å². The van der Waals surface area contributed by atoms with Crippen molar-refractivity contribution >= 4 is 116 Å². The lowest BCUT2D eigenvalue weighted by atomic mass is 9.80. The summed E-state index contributed by atoms with van der Waals surface area (Å²) in [5, 5.41) is 35.0. The van der Waals surface area contributed by atoms with Crippen molar-refractivity contribution in [3.05, 3.63) is 177 Å². The number of aryl methyl sites for hydroxylation is 6. The highest BCUT2D eigenvalue weighted by Gasteiger charge is 2.39. The molecule has 105 heavy (non-hydrogen) atoms. The van der Waals surface area contributed by atoms with E-state index in [1.807, 2.05) is 136 Å². The lowest BCUT2D eigenvalue weighted by Crippen LogP contribution is -2.42. The number of carbonyl (C=O) groups is 5. The molecular weight excluding hydrogens is 1380 g/mol. The largest absolute Gasteiger partial charge is 0.493 e. The van der Waals surface area contributed by atoms with E-state index in [-0.39, 0.29) is 47.4 Å². The normalized spacial score (nSPS) is 18.5. The van der Waals surface area contributed by atoms with E-state index in [2.05, 4.69) is 24.3 Å². The molecule has 542 valence electrons. The van der Waals surface area contributed by atoms with Crippen molar-refractivity contribution in [3.63, 3.8) is 0 Å². The second-order valence-corrected chi connectivity index (χ2v) is 31.0. The summed E-state index contributed by atoms with van der Waals surface area (Å²) in [6.45, 7) is 18.4. The molecule has 3 fully saturated rings. The van der Waals surface area contributed by atoms with Gasteiger partial charge in [-0.05, 0) is 201 Å². The smallest absolute Gasteiger partial charge is 0.345 e. The fourth-order valence-electron chi connectivity index (χ4n) is 14.7. The number of rotatable bonds is 15. The highest BCUT2D eigenvalue weighted by Crippen LogP contribution is 2.46. The van der Waals surface area contributed by atoms with E-state index < -0.39 is 53.5 Å². The van der Waals surface area contributed by atoms with Crippen LogP contribution in [-0.4, -0.2) is 102 Å². The number of cyclic esters (lactones) is 2. The number of carboxylic acids is 3. The summed E-state index contributed by atoms with van der Waals surface area (Å²) in [4.78, 5) is 77.9. The zero-order valence-corrected chi connectivity index (χ0v) is 61.6. The predicted octanol–water partition coefficient (Wildman–Crippen LogP) is 20.1. The van der Waals surface area contributed by atoms with E-state index in [0.29, 0.717) is 118 Å². The van der Waals surface area contributed by atoms with E-state index in [1.165, 1.54) is 6.07 Å². The number of furan rings is 1. The zero-order chi connectivity index (χ0) is 74.7. The van der Waals surface area contributed by atoms with E-state index in [0.717, 1.165) is 74.3 Å². The number of ether oxygens (including phenoxy) is 6. The van der Waals surface area contributed by atoms with Gasteiger partial charge in [0.15, 0.2) is 5.76 Å². The Balaban J connectivity index is 0.000000140. The van der Waals surface area contributed by atoms with E-state index in [1.54, 1.807) is 59.9 Å². The Bertz CT molecular complexity index is 5250. The average molecular weight is 1460 g/mol. The van der Waals surface area contributed by atoms with Crippen LogP contribution in [0.3, 0.4) is 0 Å². The molecule has 2 atom stereocenters. The van der Waals surface area contributed by atoms with Crippen molar-refractivity contribution in [2.45, 2.75) is 163 Å². The van der Waals surface area contributed by atoms with Crippen LogP contribution in [-0.2, 0) is 23.8 Å². The molecule has 8 heterocycles. The summed E-state index contributed by atoms with van der Waals surface area (Å²) in [5.41, 5.74) is 7.96. The lowest BCUT2D eigenvalue weighted by Gasteiger charge is -2.36. The molecule has 3 aliphatic rings. The molecule has 2 saturated heterocycles. The summed E-state index contributed by atoms with van der Waals surface area (Å²) in [6.07, 6.45) is 2.86. The second kappa shape index (κ2) is 28.9. The van der Waals surface area contributed by atoms with Gasteiger partial charge in [-0.2, -0.15) is 8.78 Å². The van der Waals surface area contributed by atoms with Gasteiger partial charge in [-0.1, -0.05) is 72.8 Å². The van der Waals surface area contributed by atoms with Crippen molar-refractivity contribution in [2.24, 2.45) is 5.92 Å². The Morgan fingerprint density at radius 3 is 1.35 bits per heavy atom. The number of fused-ring (bicyclic) bond motifs is 6. The molecule has 6 aromatic heterocycles. The van der Waals surface area contributed by atoms with Crippen molar-refractivity contribution < 1.29 is 80.9 Å². The molecular formula is C83H79F2N3O15S2. The number of esters is 2. The summed E-state index contributed by atoms with van der Waals surface area (Å²) in [5.74, 6) is -1.86. The summed E-state index contributed by atoms with van der Waals surface area (Å²) in [6, 6.07) is 39.6. The number of para-hydroxylation sites is 1. The van der Waals surface area contributed by atoms with Crippen LogP contribution in [0.4, 0.5) is 8.78 Å². The maximum Gasteiger partial charge on any atom is 0.345 e. The first kappa shape index (κ1) is 72.9. The number of aromatic carboxylic acids is 3. The minimum Gasteiger partial charge on any atom is -0.493 e. The van der Waals surface area contributed by atoms with Crippen LogP contribution in [0.5, 0.6) is 17.2 Å². The maximum absolute atomic E-state index is 12.7. The number of carboxylic acid groups (broad SMARTS) is 3. The highest BCUT2D eigenvalue weighted by atomic mass is 32.1. The first-order chi connectivity index (χ1) is 49.9. The lowest BCUT2D eigenvalue weighted by molar-refractivity contribution is -0.214. The molecule has 6 aromatic carbocycles. The Morgan fingerprint density at radius 1 is 0.533 bits per heavy atom. The third kappa shape index (κ3) is 15.2. The third-order valence-corrected chi connectivity index (χ3v) is 22.5. The molecule has 0 bridgehead atoms. The standard InChI is InChI=1S/C29H29F2NO4S.C27H25NO6.C27H25NO5S/c1-16-8-9-22(35-15-18-10-12-29(3,13-11-18)36-28(30)31)24-20(27(33)34)14-21(32-25(16)24)26-17(2)19-6-4-5-7-23(19)37-26;1-14-9-10-21(32-16-11-22(29)34-27(3,4)13-16)23-18(26(30)31)12-19(28-24(14)23)25-15(2)17-7-5-6-8-20(17)33-25;1-14-9-10-20(32-16-11-22(29)33-27(3,4)13-16)23-18(26(30)31)12-19(28-24(14)23)25-15(2)17-7-5-6-8-21(17)34-25/h4-9,14,18,28H,10-13,15H2,1-3H3,(H,33,34);2*5-10,12,16H,11,13H2,1-4H3,(H,30,31). The Hall–Kier alpha value is -10.4. The molecule has 1 saturated carbocycles. The van der Waals surface area contributed by atoms with Gasteiger partial charge in [0, 0.05) is 33.2 Å². The van der Waals surface area contributed by atoms with Crippen molar-refractivity contribution in [2.75, 3.05) is 6.61 Å². The topological polar surface area (TPSA) is 253 Å². The molecule has 0 radical (unpaired) electrons. The second-order valence-electron chi connectivity index (χ2n) is 28.9. The summed E-state index contributed by atoms with van der Waals surface area (Å²) in [7, 11) is 0. The molecule has 2 aliphatic heterocycles. The summed E-state index contributed by atoms with van der Waals surface area (Å²) < 4.78 is 68.0. The molecule has 2 unspecified atom stereocenters. The minimum absolute atomic E-state index is 0.0659. The van der Waals surface area contributed by atoms with Crippen LogP contribution in [0.2, 0.25) is 0 Å². The van der Waals surface area contributed by atoms with Crippen LogP contribution in [0.1, 0.15) is 150 Å². The van der Waals surface area contributed by atoms with Crippen LogP contribution in [0.15, 0.2) is 132 Å². The number of pyridine rings is 3. The number of hydrogen-bond donors (Lipinski definition) is 3. The Kier molecular flexibility index (Phi) is 20.1. The molecule has 3 N–H and O–H groups in total. The predicted molar refractivity (Wildman–Crippen MR) is 402 cm³/mol. The molecule has 22 heteroatoms. The van der Waals surface area contributed by atoms with E-state index >= 15 is 0 Å². The van der Waals surface area contributed by atoms with Crippen LogP contribution < -0.4 is 14.2 Å². The number of nitrogens with zero attached hydrogens (tertiary/aromatic N) is 3. The molecule has 0 amide bonds. The molecule has 0 spiro atoms. The van der Waals surface area contributed by atoms with E-state index in [9.17, 15) is 48.1 Å². The molecule has 12 aromatic rings. The number of thiophene rings is 2. The quantitative estimate of drug-likeness (QED) is 0.0806. The Morgan fingerprint density at radius 2 is 0.933 bits per heavy atom. The average Bonchev–Trinajstić information content (AvgIpc) is 1.75. The SMILES string of the molecule is Cc1c(-c2cc(C(=O)O)c3c(OC4CC(=O)OC(C)(C)C4)ccc(C)c3n2)oc2ccccc12.Cc1c(-c2cc(C(=O)O)c3c(OC4CC(=O)OC(C)(C)C4)ccc(C)c3n2)sc2ccccc12.Cc1c(-c2cc(C(=O)O)c3c(OCC4CCC(C)(OC(F)F)CC4)ccc(C)c3n2)sc2ccccc12. The maximum atomic E-state index is 12.7. The van der Waals surface area contributed by atoms with Gasteiger partial charge in [0.25, 0.3) is 0 Å². The molecule has 1 aliphatic carbocycles. The first-order valence-electron chi connectivity index (χ1n) is 34.7. The van der Waals surface area contributed by atoms with Gasteiger partial charge in [0.2, 0.25) is 0 Å². The van der Waals surface area contributed by atoms with Crippen LogP contribution in [0, 0.1) is 47.5 Å². The van der Waals surface area contributed by atoms with Crippen molar-refractivity contribution in [3.8, 4) is 49.8 Å². The number of hydrogen-bond acceptors (Lipinski definition) is 17. The van der Waals surface area contributed by atoms with Gasteiger partial charge in [0.1, 0.15) is 51.9 Å². The number of halogens is 2. The number of aromatic nitrogens is 3. The van der Waals surface area contributed by atoms with Crippen LogP contribution in [0.25, 0.3) is 96.4 Å².